The van der Waals surface area contributed by atoms with Crippen LogP contribution in [0.3, 0.4) is 0 Å². The molecule has 1 N–H and O–H groups in total. The molecule has 1 aromatic carbocycles. The third-order valence-electron chi connectivity index (χ3n) is 4.55. The highest BCUT2D eigenvalue weighted by Gasteiger charge is 2.41. The van der Waals surface area contributed by atoms with Crippen molar-refractivity contribution in [2.75, 3.05) is 6.54 Å². The maximum atomic E-state index is 4.26. The highest BCUT2D eigenvalue weighted by molar-refractivity contribution is 5.32. The lowest BCUT2D eigenvalue weighted by Gasteiger charge is -2.45. The van der Waals surface area contributed by atoms with E-state index < -0.39 is 0 Å². The maximum absolute atomic E-state index is 4.26. The van der Waals surface area contributed by atoms with Crippen LogP contribution >= 0.6 is 0 Å². The van der Waals surface area contributed by atoms with E-state index in [1.807, 2.05) is 0 Å². The van der Waals surface area contributed by atoms with E-state index in [2.05, 4.69) is 56.1 Å². The van der Waals surface area contributed by atoms with E-state index in [0.717, 1.165) is 6.54 Å². The zero-order chi connectivity index (χ0) is 13.7. The van der Waals surface area contributed by atoms with Crippen LogP contribution in [0.2, 0.25) is 0 Å². The van der Waals surface area contributed by atoms with Gasteiger partial charge in [-0.1, -0.05) is 68.7 Å². The Labute approximate surface area is 118 Å². The molecule has 0 spiro atoms. The average Bonchev–Trinajstić information content (AvgIpc) is 2.46. The second kappa shape index (κ2) is 6.38. The van der Waals surface area contributed by atoms with Crippen molar-refractivity contribution in [1.82, 2.24) is 5.32 Å². The van der Waals surface area contributed by atoms with Gasteiger partial charge in [-0.05, 0) is 31.9 Å². The van der Waals surface area contributed by atoms with Crippen LogP contribution in [0.5, 0.6) is 0 Å². The number of rotatable bonds is 5. The van der Waals surface area contributed by atoms with Crippen LogP contribution in [0, 0.1) is 0 Å². The van der Waals surface area contributed by atoms with Crippen LogP contribution in [-0.2, 0) is 5.41 Å². The fraction of sp³-hybridized carbons (Fsp3) is 0.556. The SMILES string of the molecule is C=C(C)C(NCC)C1(c2ccccc2)CCCCC1. The number of likely N-dealkylation sites (N-methyl/N-ethyl adjacent to an activating group) is 1. The first kappa shape index (κ1) is 14.3. The number of hydrogen-bond donors (Lipinski definition) is 1. The summed E-state index contributed by atoms with van der Waals surface area (Å²) in [7, 11) is 0. The Morgan fingerprint density at radius 2 is 1.84 bits per heavy atom. The molecule has 1 saturated carbocycles. The Hall–Kier alpha value is -1.08. The van der Waals surface area contributed by atoms with E-state index in [-0.39, 0.29) is 5.41 Å². The third kappa shape index (κ3) is 2.92. The van der Waals surface area contributed by atoms with Gasteiger partial charge >= 0.3 is 0 Å². The van der Waals surface area contributed by atoms with E-state index in [1.54, 1.807) is 0 Å². The smallest absolute Gasteiger partial charge is 0.0371 e. The van der Waals surface area contributed by atoms with Gasteiger partial charge in [0.2, 0.25) is 0 Å². The van der Waals surface area contributed by atoms with Gasteiger partial charge in [0.05, 0.1) is 0 Å². The van der Waals surface area contributed by atoms with Crippen LogP contribution < -0.4 is 5.32 Å². The van der Waals surface area contributed by atoms with Gasteiger partial charge in [-0.15, -0.1) is 0 Å². The van der Waals surface area contributed by atoms with Gasteiger partial charge in [0.1, 0.15) is 0 Å². The molecule has 0 heterocycles. The minimum Gasteiger partial charge on any atom is -0.310 e. The van der Waals surface area contributed by atoms with Crippen molar-refractivity contribution in [3.05, 3.63) is 48.0 Å². The summed E-state index contributed by atoms with van der Waals surface area (Å²) in [5.41, 5.74) is 3.01. The third-order valence-corrected chi connectivity index (χ3v) is 4.55. The largest absolute Gasteiger partial charge is 0.310 e. The molecule has 1 heteroatoms. The molecule has 0 radical (unpaired) electrons. The molecule has 1 atom stereocenters. The van der Waals surface area contributed by atoms with Crippen LogP contribution in [0.4, 0.5) is 0 Å². The quantitative estimate of drug-likeness (QED) is 0.769. The summed E-state index contributed by atoms with van der Waals surface area (Å²) < 4.78 is 0. The van der Waals surface area contributed by atoms with Crippen molar-refractivity contribution in [2.24, 2.45) is 0 Å². The topological polar surface area (TPSA) is 12.0 Å². The van der Waals surface area contributed by atoms with Crippen molar-refractivity contribution in [2.45, 2.75) is 57.4 Å². The lowest BCUT2D eigenvalue weighted by Crippen LogP contribution is -2.50. The lowest BCUT2D eigenvalue weighted by atomic mass is 9.63. The van der Waals surface area contributed by atoms with E-state index >= 15 is 0 Å². The standard InChI is InChI=1S/C18H27N/c1-4-19-17(15(2)3)18(13-9-6-10-14-18)16-11-7-5-8-12-16/h5,7-8,11-12,17,19H,2,4,6,9-10,13-14H2,1,3H3. The Kier molecular flexibility index (Phi) is 4.81. The highest BCUT2D eigenvalue weighted by atomic mass is 14.9. The maximum Gasteiger partial charge on any atom is 0.0371 e. The van der Waals surface area contributed by atoms with Gasteiger partial charge in [-0.3, -0.25) is 0 Å². The zero-order valence-corrected chi connectivity index (χ0v) is 12.4. The zero-order valence-electron chi connectivity index (χ0n) is 12.4. The van der Waals surface area contributed by atoms with Crippen LogP contribution in [-0.4, -0.2) is 12.6 Å². The summed E-state index contributed by atoms with van der Waals surface area (Å²) >= 11 is 0. The minimum absolute atomic E-state index is 0.251. The molecule has 0 aromatic heterocycles. The van der Waals surface area contributed by atoms with Crippen LogP contribution in [0.25, 0.3) is 0 Å². The summed E-state index contributed by atoms with van der Waals surface area (Å²) in [4.78, 5) is 0. The molecule has 1 aromatic rings. The molecule has 104 valence electrons. The van der Waals surface area contributed by atoms with Gasteiger partial charge < -0.3 is 5.32 Å². The van der Waals surface area contributed by atoms with Crippen molar-refractivity contribution in [3.63, 3.8) is 0 Å². The summed E-state index contributed by atoms with van der Waals surface area (Å²) in [6.07, 6.45) is 6.61. The molecule has 19 heavy (non-hydrogen) atoms. The molecule has 1 fully saturated rings. The van der Waals surface area contributed by atoms with E-state index in [4.69, 9.17) is 0 Å². The molecule has 0 saturated heterocycles. The van der Waals surface area contributed by atoms with E-state index in [9.17, 15) is 0 Å². The average molecular weight is 257 g/mol. The molecule has 1 unspecified atom stereocenters. The summed E-state index contributed by atoms with van der Waals surface area (Å²) in [5.74, 6) is 0. The Bertz CT molecular complexity index is 401. The normalized spacial score (nSPS) is 19.9. The predicted molar refractivity (Wildman–Crippen MR) is 83.5 cm³/mol. The number of hydrogen-bond acceptors (Lipinski definition) is 1. The van der Waals surface area contributed by atoms with Crippen LogP contribution in [0.15, 0.2) is 42.5 Å². The van der Waals surface area contributed by atoms with Crippen molar-refractivity contribution in [3.8, 4) is 0 Å². The minimum atomic E-state index is 0.251. The van der Waals surface area contributed by atoms with Gasteiger partial charge in [-0.2, -0.15) is 0 Å². The molecular formula is C18H27N. The summed E-state index contributed by atoms with van der Waals surface area (Å²) in [6.45, 7) is 9.63. The molecule has 1 aliphatic rings. The van der Waals surface area contributed by atoms with Gasteiger partial charge in [0.15, 0.2) is 0 Å². The number of benzene rings is 1. The fourth-order valence-electron chi connectivity index (χ4n) is 3.74. The van der Waals surface area contributed by atoms with Crippen molar-refractivity contribution < 1.29 is 0 Å². The Morgan fingerprint density at radius 1 is 1.21 bits per heavy atom. The van der Waals surface area contributed by atoms with Gasteiger partial charge in [0.25, 0.3) is 0 Å². The van der Waals surface area contributed by atoms with E-state index in [1.165, 1.54) is 43.2 Å². The first-order chi connectivity index (χ1) is 9.20. The molecule has 1 aliphatic carbocycles. The Balaban J connectivity index is 2.41. The second-order valence-corrected chi connectivity index (χ2v) is 5.92. The van der Waals surface area contributed by atoms with Gasteiger partial charge in [0, 0.05) is 11.5 Å². The van der Waals surface area contributed by atoms with Crippen molar-refractivity contribution >= 4 is 0 Å². The second-order valence-electron chi connectivity index (χ2n) is 5.92. The molecule has 1 nitrogen and oxygen atoms in total. The molecule has 0 aliphatic heterocycles. The monoisotopic (exact) mass is 257 g/mol. The van der Waals surface area contributed by atoms with Crippen molar-refractivity contribution in [1.29, 1.82) is 0 Å². The Morgan fingerprint density at radius 3 is 2.37 bits per heavy atom. The molecule has 2 rings (SSSR count). The van der Waals surface area contributed by atoms with Crippen LogP contribution in [0.1, 0.15) is 51.5 Å². The first-order valence-electron chi connectivity index (χ1n) is 7.65. The van der Waals surface area contributed by atoms with E-state index in [0.29, 0.717) is 6.04 Å². The number of nitrogens with one attached hydrogen (secondary N) is 1. The highest BCUT2D eigenvalue weighted by Crippen LogP contribution is 2.43. The lowest BCUT2D eigenvalue weighted by molar-refractivity contribution is 0.235. The first-order valence-corrected chi connectivity index (χ1v) is 7.65. The summed E-state index contributed by atoms with van der Waals surface area (Å²) in [6, 6.07) is 11.5. The van der Waals surface area contributed by atoms with Gasteiger partial charge in [-0.25, -0.2) is 0 Å². The molecular weight excluding hydrogens is 230 g/mol. The fourth-order valence-corrected chi connectivity index (χ4v) is 3.74. The molecule has 0 bridgehead atoms. The summed E-state index contributed by atoms with van der Waals surface area (Å²) in [5, 5.41) is 3.69. The molecule has 0 amide bonds. The predicted octanol–water partition coefficient (Wildman–Crippen LogP) is 4.44.